The zero-order chi connectivity index (χ0) is 38.2. The molecule has 0 aliphatic heterocycles. The number of nitrogens with one attached hydrogen (secondary N) is 1. The predicted molar refractivity (Wildman–Crippen MR) is 247 cm³/mol. The van der Waals surface area contributed by atoms with Crippen LogP contribution >= 0.6 is 11.3 Å². The van der Waals surface area contributed by atoms with Crippen LogP contribution in [0.2, 0.25) is 0 Å². The van der Waals surface area contributed by atoms with Gasteiger partial charge in [0.25, 0.3) is 0 Å². The van der Waals surface area contributed by atoms with Crippen LogP contribution in [0.3, 0.4) is 0 Å². The molecule has 0 saturated carbocycles. The number of thiophene rings is 1. The molecule has 272 valence electrons. The predicted octanol–water partition coefficient (Wildman–Crippen LogP) is 16.1. The summed E-state index contributed by atoms with van der Waals surface area (Å²) in [5.74, 6) is 0. The lowest BCUT2D eigenvalue weighted by molar-refractivity contribution is 0.669. The number of benzene rings is 9. The van der Waals surface area contributed by atoms with Crippen LogP contribution in [0.1, 0.15) is 0 Å². The number of aromatic nitrogens is 1. The van der Waals surface area contributed by atoms with Gasteiger partial charge < -0.3 is 14.3 Å². The maximum Gasteiger partial charge on any atom is 0.135 e. The molecule has 0 radical (unpaired) electrons. The van der Waals surface area contributed by atoms with Crippen LogP contribution in [-0.4, -0.2) is 4.98 Å². The molecule has 0 aliphatic rings. The molecule has 12 aromatic rings. The van der Waals surface area contributed by atoms with Crippen molar-refractivity contribution in [1.29, 1.82) is 0 Å². The highest BCUT2D eigenvalue weighted by atomic mass is 32.1. The topological polar surface area (TPSA) is 32.2 Å². The van der Waals surface area contributed by atoms with Crippen LogP contribution in [0.25, 0.3) is 97.3 Å². The Morgan fingerprint density at radius 2 is 1.07 bits per heavy atom. The number of fused-ring (bicyclic) bond motifs is 9. The van der Waals surface area contributed by atoms with Crippen LogP contribution in [0.5, 0.6) is 0 Å². The number of aromatic amines is 1. The number of nitrogens with zero attached hydrogens (tertiary/aromatic N) is 1. The second kappa shape index (κ2) is 13.1. The number of furan rings is 1. The SMILES string of the molecule is c1ccc(N(c2ccc(-c3cccc4[nH]c5ccccc5c34)cc2)c2ccc(-c3cccc(-c4ccc5oc6ccccc6c5c4)c3)c3sc4ccccc4c23)cc1. The molecule has 0 saturated heterocycles. The number of rotatable bonds is 6. The van der Waals surface area contributed by atoms with E-state index in [1.165, 1.54) is 64.3 Å². The van der Waals surface area contributed by atoms with Gasteiger partial charge in [-0.25, -0.2) is 0 Å². The number of para-hydroxylation sites is 3. The third-order valence-electron chi connectivity index (χ3n) is 11.6. The Morgan fingerprint density at radius 3 is 1.97 bits per heavy atom. The van der Waals surface area contributed by atoms with E-state index in [2.05, 4.69) is 198 Å². The van der Waals surface area contributed by atoms with Gasteiger partial charge in [-0.2, -0.15) is 0 Å². The van der Waals surface area contributed by atoms with Crippen molar-refractivity contribution >= 4 is 92.3 Å². The zero-order valence-electron chi connectivity index (χ0n) is 31.3. The van der Waals surface area contributed by atoms with Crippen LogP contribution in [0, 0.1) is 0 Å². The summed E-state index contributed by atoms with van der Waals surface area (Å²) in [7, 11) is 0. The molecule has 0 amide bonds. The Balaban J connectivity index is 1.01. The van der Waals surface area contributed by atoms with Crippen molar-refractivity contribution in [2.45, 2.75) is 0 Å². The lowest BCUT2D eigenvalue weighted by Gasteiger charge is -2.27. The van der Waals surface area contributed by atoms with E-state index in [0.29, 0.717) is 0 Å². The van der Waals surface area contributed by atoms with Crippen molar-refractivity contribution in [3.05, 3.63) is 200 Å². The van der Waals surface area contributed by atoms with Gasteiger partial charge in [0.15, 0.2) is 0 Å². The summed E-state index contributed by atoms with van der Waals surface area (Å²) in [6, 6.07) is 72.2. The Kier molecular flexibility index (Phi) is 7.40. The molecule has 0 spiro atoms. The fraction of sp³-hybridized carbons (Fsp3) is 0. The number of anilines is 3. The smallest absolute Gasteiger partial charge is 0.135 e. The molecule has 3 aromatic heterocycles. The van der Waals surface area contributed by atoms with E-state index in [0.717, 1.165) is 50.0 Å². The van der Waals surface area contributed by atoms with E-state index in [9.17, 15) is 0 Å². The fourth-order valence-electron chi connectivity index (χ4n) is 8.93. The summed E-state index contributed by atoms with van der Waals surface area (Å²) in [5.41, 5.74) is 14.7. The van der Waals surface area contributed by atoms with Gasteiger partial charge in [0.05, 0.1) is 5.69 Å². The van der Waals surface area contributed by atoms with E-state index < -0.39 is 0 Å². The molecule has 12 rings (SSSR count). The first kappa shape index (κ1) is 32.8. The van der Waals surface area contributed by atoms with Gasteiger partial charge in [-0.3, -0.25) is 0 Å². The maximum atomic E-state index is 6.16. The van der Waals surface area contributed by atoms with Gasteiger partial charge >= 0.3 is 0 Å². The lowest BCUT2D eigenvalue weighted by Crippen LogP contribution is -2.10. The number of hydrogen-bond donors (Lipinski definition) is 1. The third-order valence-corrected chi connectivity index (χ3v) is 12.8. The van der Waals surface area contributed by atoms with Crippen molar-refractivity contribution in [2.24, 2.45) is 0 Å². The molecule has 4 heteroatoms. The first-order valence-corrected chi connectivity index (χ1v) is 20.5. The van der Waals surface area contributed by atoms with Crippen molar-refractivity contribution in [3.63, 3.8) is 0 Å². The minimum atomic E-state index is 0.910. The first-order chi connectivity index (χ1) is 28.7. The van der Waals surface area contributed by atoms with Crippen molar-refractivity contribution in [1.82, 2.24) is 4.98 Å². The number of H-pyrrole nitrogens is 1. The second-order valence-corrected chi connectivity index (χ2v) is 16.0. The molecule has 9 aromatic carbocycles. The van der Waals surface area contributed by atoms with E-state index in [-0.39, 0.29) is 0 Å². The summed E-state index contributed by atoms with van der Waals surface area (Å²) in [5, 5.41) is 7.30. The zero-order valence-corrected chi connectivity index (χ0v) is 32.1. The monoisotopic (exact) mass is 758 g/mol. The van der Waals surface area contributed by atoms with Gasteiger partial charge in [-0.05, 0) is 106 Å². The Labute approximate surface area is 338 Å². The molecule has 0 unspecified atom stereocenters. The summed E-state index contributed by atoms with van der Waals surface area (Å²) < 4.78 is 8.70. The van der Waals surface area contributed by atoms with E-state index in [1.54, 1.807) is 0 Å². The van der Waals surface area contributed by atoms with Crippen LogP contribution in [0.15, 0.2) is 205 Å². The summed E-state index contributed by atoms with van der Waals surface area (Å²) in [4.78, 5) is 6.04. The Bertz CT molecular complexity index is 3520. The van der Waals surface area contributed by atoms with E-state index in [1.807, 2.05) is 23.5 Å². The summed E-state index contributed by atoms with van der Waals surface area (Å²) >= 11 is 1.87. The van der Waals surface area contributed by atoms with Crippen LogP contribution < -0.4 is 4.90 Å². The van der Waals surface area contributed by atoms with Gasteiger partial charge in [0.2, 0.25) is 0 Å². The normalized spacial score (nSPS) is 11.8. The lowest BCUT2D eigenvalue weighted by atomic mass is 9.96. The van der Waals surface area contributed by atoms with Gasteiger partial charge in [-0.15, -0.1) is 11.3 Å². The molecular formula is C54H34N2OS. The Morgan fingerprint density at radius 1 is 0.397 bits per heavy atom. The van der Waals surface area contributed by atoms with E-state index >= 15 is 0 Å². The Hall–Kier alpha value is -7.40. The average molecular weight is 759 g/mol. The highest BCUT2D eigenvalue weighted by Crippen LogP contribution is 2.49. The molecule has 0 bridgehead atoms. The van der Waals surface area contributed by atoms with E-state index in [4.69, 9.17) is 4.42 Å². The summed E-state index contributed by atoms with van der Waals surface area (Å²) in [6.07, 6.45) is 0. The highest BCUT2D eigenvalue weighted by molar-refractivity contribution is 7.26. The van der Waals surface area contributed by atoms with Crippen molar-refractivity contribution in [2.75, 3.05) is 4.90 Å². The highest BCUT2D eigenvalue weighted by Gasteiger charge is 2.22. The molecule has 0 aliphatic carbocycles. The third kappa shape index (κ3) is 5.19. The average Bonchev–Trinajstić information content (AvgIpc) is 3.99. The van der Waals surface area contributed by atoms with Gasteiger partial charge in [0.1, 0.15) is 11.2 Å². The first-order valence-electron chi connectivity index (χ1n) is 19.7. The molecular weight excluding hydrogens is 725 g/mol. The summed E-state index contributed by atoms with van der Waals surface area (Å²) in [6.45, 7) is 0. The molecule has 3 heterocycles. The number of hydrogen-bond acceptors (Lipinski definition) is 3. The second-order valence-electron chi connectivity index (χ2n) is 14.9. The maximum absolute atomic E-state index is 6.16. The van der Waals surface area contributed by atoms with Gasteiger partial charge in [-0.1, -0.05) is 127 Å². The molecule has 0 atom stereocenters. The quantitative estimate of drug-likeness (QED) is 0.183. The van der Waals surface area contributed by atoms with Crippen molar-refractivity contribution < 1.29 is 4.42 Å². The molecule has 1 N–H and O–H groups in total. The van der Waals surface area contributed by atoms with Crippen molar-refractivity contribution in [3.8, 4) is 33.4 Å². The van der Waals surface area contributed by atoms with Crippen LogP contribution in [0.4, 0.5) is 17.1 Å². The largest absolute Gasteiger partial charge is 0.456 e. The minimum absolute atomic E-state index is 0.910. The molecule has 58 heavy (non-hydrogen) atoms. The molecule has 3 nitrogen and oxygen atoms in total. The van der Waals surface area contributed by atoms with Gasteiger partial charge in [0, 0.05) is 64.1 Å². The minimum Gasteiger partial charge on any atom is -0.456 e. The standard InChI is InChI=1S/C54H34N2OS/c1-2-14-38(15-3-1)56(39-27-24-34(25-28-39)40-19-11-21-47-52(40)43-17-4-7-20-46(43)55-47)48-30-29-41(54-53(48)44-18-6-9-23-51(44)58-54)37-13-10-12-35(32-37)36-26-31-50-45(33-36)42-16-5-8-22-49(42)57-50/h1-33,55H. The molecule has 0 fully saturated rings. The van der Waals surface area contributed by atoms with Crippen LogP contribution in [-0.2, 0) is 0 Å². The fourth-order valence-corrected chi connectivity index (χ4v) is 10.2.